The Hall–Kier alpha value is -2.63. The van der Waals surface area contributed by atoms with Crippen LogP contribution in [0.1, 0.15) is 17.3 Å². The number of hydrogen-bond donors (Lipinski definition) is 2. The van der Waals surface area contributed by atoms with Crippen LogP contribution in [0.4, 0.5) is 25.8 Å². The van der Waals surface area contributed by atoms with Crippen LogP contribution in [0.15, 0.2) is 36.4 Å². The van der Waals surface area contributed by atoms with Gasteiger partial charge in [-0.05, 0) is 37.3 Å². The third-order valence-electron chi connectivity index (χ3n) is 2.78. The Morgan fingerprint density at radius 1 is 1.29 bits per heavy atom. The van der Waals surface area contributed by atoms with Crippen molar-refractivity contribution in [3.63, 3.8) is 0 Å². The highest BCUT2D eigenvalue weighted by atomic mass is 19.2. The maximum absolute atomic E-state index is 13.6. The van der Waals surface area contributed by atoms with Gasteiger partial charge in [-0.25, -0.2) is 13.6 Å². The Kier molecular flexibility index (Phi) is 4.37. The monoisotopic (exact) mass is 292 g/mol. The topological polar surface area (TPSA) is 64.3 Å². The van der Waals surface area contributed by atoms with Gasteiger partial charge in [-0.3, -0.25) is 0 Å². The Bertz CT molecular complexity index is 675. The summed E-state index contributed by atoms with van der Waals surface area (Å²) in [5.74, 6) is -2.52. The lowest BCUT2D eigenvalue weighted by Gasteiger charge is -2.11. The Morgan fingerprint density at radius 2 is 2.05 bits per heavy atom. The fourth-order valence-electron chi connectivity index (χ4n) is 1.78. The highest BCUT2D eigenvalue weighted by Crippen LogP contribution is 2.25. The molecule has 110 valence electrons. The van der Waals surface area contributed by atoms with E-state index in [2.05, 4.69) is 5.32 Å². The molecule has 0 saturated carbocycles. The second-order valence-corrected chi connectivity index (χ2v) is 4.25. The molecule has 0 atom stereocenters. The van der Waals surface area contributed by atoms with Gasteiger partial charge in [0, 0.05) is 11.4 Å². The number of carbonyl (C=O) groups excluding carboxylic acids is 1. The van der Waals surface area contributed by atoms with Crippen LogP contribution in [0.2, 0.25) is 0 Å². The van der Waals surface area contributed by atoms with Gasteiger partial charge in [0.1, 0.15) is 0 Å². The summed E-state index contributed by atoms with van der Waals surface area (Å²) in [6.07, 6.45) is 0. The molecule has 21 heavy (non-hydrogen) atoms. The molecule has 0 aliphatic carbocycles. The van der Waals surface area contributed by atoms with Crippen LogP contribution in [-0.2, 0) is 4.74 Å². The van der Waals surface area contributed by atoms with E-state index < -0.39 is 17.6 Å². The van der Waals surface area contributed by atoms with E-state index in [1.807, 2.05) is 0 Å². The van der Waals surface area contributed by atoms with Gasteiger partial charge in [-0.2, -0.15) is 0 Å². The number of rotatable bonds is 4. The molecule has 0 bridgehead atoms. The lowest BCUT2D eigenvalue weighted by Crippen LogP contribution is -2.08. The SMILES string of the molecule is CCOC(=O)c1cc(Nc2cccc(F)c2F)ccc1N. The number of carbonyl (C=O) groups is 1. The van der Waals surface area contributed by atoms with E-state index >= 15 is 0 Å². The van der Waals surface area contributed by atoms with Crippen LogP contribution in [0.25, 0.3) is 0 Å². The summed E-state index contributed by atoms with van der Waals surface area (Å²) in [7, 11) is 0. The number of halogens is 2. The largest absolute Gasteiger partial charge is 0.462 e. The number of nitrogens with two attached hydrogens (primary N) is 1. The van der Waals surface area contributed by atoms with Crippen LogP contribution in [-0.4, -0.2) is 12.6 Å². The van der Waals surface area contributed by atoms with Crippen molar-refractivity contribution in [3.05, 3.63) is 53.6 Å². The molecule has 0 unspecified atom stereocenters. The first-order valence-corrected chi connectivity index (χ1v) is 6.30. The summed E-state index contributed by atoms with van der Waals surface area (Å²) in [4.78, 5) is 11.7. The minimum atomic E-state index is -0.994. The number of benzene rings is 2. The van der Waals surface area contributed by atoms with E-state index in [1.54, 1.807) is 13.0 Å². The standard InChI is InChI=1S/C15H14F2N2O2/c1-2-21-15(20)10-8-9(6-7-12(10)18)19-13-5-3-4-11(16)14(13)17/h3-8,19H,2,18H2,1H3. The first-order chi connectivity index (χ1) is 10.0. The van der Waals surface area contributed by atoms with Gasteiger partial charge < -0.3 is 15.8 Å². The molecular weight excluding hydrogens is 278 g/mol. The van der Waals surface area contributed by atoms with Crippen molar-refractivity contribution in [1.82, 2.24) is 0 Å². The summed E-state index contributed by atoms with van der Waals surface area (Å²) in [5.41, 5.74) is 6.49. The number of esters is 1. The van der Waals surface area contributed by atoms with E-state index in [1.165, 1.54) is 24.3 Å². The zero-order chi connectivity index (χ0) is 15.4. The fraction of sp³-hybridized carbons (Fsp3) is 0.133. The summed E-state index contributed by atoms with van der Waals surface area (Å²) >= 11 is 0. The summed E-state index contributed by atoms with van der Waals surface area (Å²) in [6, 6.07) is 8.27. The van der Waals surface area contributed by atoms with Gasteiger partial charge in [0.2, 0.25) is 0 Å². The summed E-state index contributed by atoms with van der Waals surface area (Å²) < 4.78 is 31.6. The molecule has 3 N–H and O–H groups in total. The van der Waals surface area contributed by atoms with E-state index in [0.717, 1.165) is 6.07 Å². The second-order valence-electron chi connectivity index (χ2n) is 4.25. The van der Waals surface area contributed by atoms with Crippen LogP contribution in [0.3, 0.4) is 0 Å². The van der Waals surface area contributed by atoms with Gasteiger partial charge in [-0.15, -0.1) is 0 Å². The molecule has 2 aromatic rings. The minimum absolute atomic E-state index is 0.0328. The van der Waals surface area contributed by atoms with Crippen molar-refractivity contribution in [2.75, 3.05) is 17.7 Å². The van der Waals surface area contributed by atoms with E-state index in [-0.39, 0.29) is 23.5 Å². The molecule has 0 aliphatic heterocycles. The molecule has 4 nitrogen and oxygen atoms in total. The summed E-state index contributed by atoms with van der Waals surface area (Å²) in [5, 5.41) is 2.70. The number of nitrogens with one attached hydrogen (secondary N) is 1. The molecule has 0 aliphatic rings. The average molecular weight is 292 g/mol. The maximum Gasteiger partial charge on any atom is 0.340 e. The van der Waals surface area contributed by atoms with E-state index in [9.17, 15) is 13.6 Å². The highest BCUT2D eigenvalue weighted by Gasteiger charge is 2.13. The summed E-state index contributed by atoms with van der Waals surface area (Å²) in [6.45, 7) is 1.90. The van der Waals surface area contributed by atoms with E-state index in [0.29, 0.717) is 5.69 Å². The normalized spacial score (nSPS) is 10.2. The van der Waals surface area contributed by atoms with Gasteiger partial charge in [-0.1, -0.05) is 6.07 Å². The molecular formula is C15H14F2N2O2. The van der Waals surface area contributed by atoms with E-state index in [4.69, 9.17) is 10.5 Å². The van der Waals surface area contributed by atoms with Crippen LogP contribution in [0.5, 0.6) is 0 Å². The highest BCUT2D eigenvalue weighted by molar-refractivity contribution is 5.96. The van der Waals surface area contributed by atoms with Crippen molar-refractivity contribution in [2.45, 2.75) is 6.92 Å². The number of anilines is 3. The van der Waals surface area contributed by atoms with Gasteiger partial charge >= 0.3 is 5.97 Å². The lowest BCUT2D eigenvalue weighted by molar-refractivity contribution is 0.0527. The second kappa shape index (κ2) is 6.21. The number of ether oxygens (including phenoxy) is 1. The molecule has 0 radical (unpaired) electrons. The molecule has 2 rings (SSSR count). The van der Waals surface area contributed by atoms with Gasteiger partial charge in [0.05, 0.1) is 17.9 Å². The third kappa shape index (κ3) is 3.28. The predicted molar refractivity (Wildman–Crippen MR) is 76.5 cm³/mol. The predicted octanol–water partition coefficient (Wildman–Crippen LogP) is 3.47. The van der Waals surface area contributed by atoms with Crippen LogP contribution >= 0.6 is 0 Å². The molecule has 0 spiro atoms. The first-order valence-electron chi connectivity index (χ1n) is 6.30. The Labute approximate surface area is 120 Å². The zero-order valence-electron chi connectivity index (χ0n) is 11.3. The van der Waals surface area contributed by atoms with Gasteiger partial charge in [0.25, 0.3) is 0 Å². The van der Waals surface area contributed by atoms with Crippen molar-refractivity contribution in [2.24, 2.45) is 0 Å². The lowest BCUT2D eigenvalue weighted by atomic mass is 10.1. The van der Waals surface area contributed by atoms with Crippen LogP contribution in [0, 0.1) is 11.6 Å². The Balaban J connectivity index is 2.31. The van der Waals surface area contributed by atoms with Crippen LogP contribution < -0.4 is 11.1 Å². The molecule has 0 amide bonds. The first kappa shape index (κ1) is 14.8. The zero-order valence-corrected chi connectivity index (χ0v) is 11.3. The van der Waals surface area contributed by atoms with Crippen molar-refractivity contribution in [1.29, 1.82) is 0 Å². The molecule has 0 heterocycles. The third-order valence-corrected chi connectivity index (χ3v) is 2.78. The fourth-order valence-corrected chi connectivity index (χ4v) is 1.78. The molecule has 6 heteroatoms. The van der Waals surface area contributed by atoms with Crippen molar-refractivity contribution in [3.8, 4) is 0 Å². The van der Waals surface area contributed by atoms with Crippen molar-refractivity contribution < 1.29 is 18.3 Å². The number of nitrogen functional groups attached to an aromatic ring is 1. The molecule has 0 fully saturated rings. The molecule has 0 saturated heterocycles. The minimum Gasteiger partial charge on any atom is -0.462 e. The molecule has 2 aromatic carbocycles. The number of hydrogen-bond acceptors (Lipinski definition) is 4. The maximum atomic E-state index is 13.6. The quantitative estimate of drug-likeness (QED) is 0.669. The smallest absolute Gasteiger partial charge is 0.340 e. The average Bonchev–Trinajstić information content (AvgIpc) is 2.46. The Morgan fingerprint density at radius 3 is 2.76 bits per heavy atom. The van der Waals surface area contributed by atoms with Gasteiger partial charge in [0.15, 0.2) is 11.6 Å². The molecule has 0 aromatic heterocycles. The van der Waals surface area contributed by atoms with Crippen molar-refractivity contribution >= 4 is 23.0 Å².